The maximum absolute atomic E-state index is 12.9. The first-order valence-corrected chi connectivity index (χ1v) is 10.1. The number of halogens is 3. The number of ketones is 1. The van der Waals surface area contributed by atoms with Gasteiger partial charge < -0.3 is 5.32 Å². The lowest BCUT2D eigenvalue weighted by Gasteiger charge is -2.37. The number of anilines is 1. The van der Waals surface area contributed by atoms with E-state index in [1.807, 2.05) is 22.9 Å². The van der Waals surface area contributed by atoms with E-state index in [0.29, 0.717) is 23.4 Å². The number of nitrogens with zero attached hydrogens (tertiary/aromatic N) is 3. The van der Waals surface area contributed by atoms with Crippen LogP contribution in [-0.4, -0.2) is 20.5 Å². The zero-order valence-corrected chi connectivity index (χ0v) is 17.3. The summed E-state index contributed by atoms with van der Waals surface area (Å²) in [6.45, 7) is 4.13. The largest absolute Gasteiger partial charge is 0.416 e. The number of pyridine rings is 1. The van der Waals surface area contributed by atoms with Gasteiger partial charge in [0, 0.05) is 12.6 Å². The first-order valence-electron chi connectivity index (χ1n) is 10.1. The van der Waals surface area contributed by atoms with E-state index in [0.717, 1.165) is 24.2 Å². The fraction of sp³-hybridized carbons (Fsp3) is 0.348. The first-order chi connectivity index (χ1) is 14.6. The molecular formula is C23H23F3N4O. The molecule has 0 amide bonds. The minimum atomic E-state index is -4.37. The lowest BCUT2D eigenvalue weighted by atomic mass is 9.90. The summed E-state index contributed by atoms with van der Waals surface area (Å²) < 4.78 is 40.0. The second-order valence-electron chi connectivity index (χ2n) is 8.40. The molecule has 3 heterocycles. The van der Waals surface area contributed by atoms with E-state index in [1.165, 1.54) is 12.1 Å². The van der Waals surface area contributed by atoms with E-state index in [4.69, 9.17) is 0 Å². The molecule has 4 rings (SSSR count). The molecule has 5 nitrogen and oxygen atoms in total. The van der Waals surface area contributed by atoms with Crippen molar-refractivity contribution in [2.24, 2.45) is 0 Å². The van der Waals surface area contributed by atoms with Crippen LogP contribution in [0.2, 0.25) is 0 Å². The van der Waals surface area contributed by atoms with Crippen LogP contribution in [0.25, 0.3) is 0 Å². The number of carbonyl (C=O) groups is 1. The van der Waals surface area contributed by atoms with E-state index in [-0.39, 0.29) is 23.8 Å². The van der Waals surface area contributed by atoms with Gasteiger partial charge in [0.2, 0.25) is 0 Å². The van der Waals surface area contributed by atoms with Crippen LogP contribution in [0.4, 0.5) is 19.0 Å². The second-order valence-corrected chi connectivity index (χ2v) is 8.40. The molecule has 0 spiro atoms. The van der Waals surface area contributed by atoms with Gasteiger partial charge in [0.05, 0.1) is 34.6 Å². The molecule has 162 valence electrons. The Balaban J connectivity index is 1.51. The van der Waals surface area contributed by atoms with Crippen LogP contribution >= 0.6 is 0 Å². The number of hydrogen-bond acceptors (Lipinski definition) is 4. The molecule has 31 heavy (non-hydrogen) atoms. The van der Waals surface area contributed by atoms with Crippen molar-refractivity contribution in [2.75, 3.05) is 5.32 Å². The molecule has 0 bridgehead atoms. The van der Waals surface area contributed by atoms with Gasteiger partial charge in [0.25, 0.3) is 0 Å². The van der Waals surface area contributed by atoms with Crippen molar-refractivity contribution < 1.29 is 18.0 Å². The molecule has 3 aromatic rings. The van der Waals surface area contributed by atoms with Gasteiger partial charge in [-0.25, -0.2) is 4.68 Å². The zero-order chi connectivity index (χ0) is 22.2. The maximum Gasteiger partial charge on any atom is 0.416 e. The number of carbonyl (C=O) groups excluding carboxylic acids is 1. The summed E-state index contributed by atoms with van der Waals surface area (Å²) in [6.07, 6.45) is 0.243. The normalized spacial score (nSPS) is 17.6. The van der Waals surface area contributed by atoms with Crippen molar-refractivity contribution >= 4 is 11.6 Å². The summed E-state index contributed by atoms with van der Waals surface area (Å²) in [5, 5.41) is 7.85. The van der Waals surface area contributed by atoms with Crippen LogP contribution in [0.5, 0.6) is 0 Å². The van der Waals surface area contributed by atoms with Crippen LogP contribution in [0.15, 0.2) is 54.9 Å². The van der Waals surface area contributed by atoms with Crippen molar-refractivity contribution in [1.82, 2.24) is 14.8 Å². The third-order valence-corrected chi connectivity index (χ3v) is 5.62. The van der Waals surface area contributed by atoms with E-state index >= 15 is 0 Å². The molecular weight excluding hydrogens is 405 g/mol. The van der Waals surface area contributed by atoms with Crippen molar-refractivity contribution in [3.8, 4) is 0 Å². The summed E-state index contributed by atoms with van der Waals surface area (Å²) in [5.41, 5.74) is 1.06. The van der Waals surface area contributed by atoms with Crippen molar-refractivity contribution in [3.05, 3.63) is 77.2 Å². The van der Waals surface area contributed by atoms with Gasteiger partial charge in [-0.1, -0.05) is 18.2 Å². The summed E-state index contributed by atoms with van der Waals surface area (Å²) >= 11 is 0. The molecule has 0 aliphatic carbocycles. The van der Waals surface area contributed by atoms with E-state index in [1.54, 1.807) is 12.4 Å². The zero-order valence-electron chi connectivity index (χ0n) is 17.3. The first kappa shape index (κ1) is 21.1. The SMILES string of the molecule is CC1(C)CC(c2ccccn2)Nc2c(C(=O)CCc3ccc(C(F)(F)F)cc3)cnn21. The monoisotopic (exact) mass is 428 g/mol. The number of hydrogen-bond donors (Lipinski definition) is 1. The third kappa shape index (κ3) is 4.33. The highest BCUT2D eigenvalue weighted by atomic mass is 19.4. The van der Waals surface area contributed by atoms with Crippen molar-refractivity contribution in [2.45, 2.75) is 50.9 Å². The molecule has 1 aliphatic rings. The minimum absolute atomic E-state index is 0.0538. The summed E-state index contributed by atoms with van der Waals surface area (Å²) in [6, 6.07) is 10.6. The predicted molar refractivity (Wildman–Crippen MR) is 111 cm³/mol. The quantitative estimate of drug-likeness (QED) is 0.553. The van der Waals surface area contributed by atoms with E-state index in [2.05, 4.69) is 29.2 Å². The van der Waals surface area contributed by atoms with E-state index in [9.17, 15) is 18.0 Å². The summed E-state index contributed by atoms with van der Waals surface area (Å²) in [4.78, 5) is 17.4. The molecule has 1 aromatic carbocycles. The number of aromatic nitrogens is 3. The molecule has 1 aliphatic heterocycles. The minimum Gasteiger partial charge on any atom is -0.361 e. The van der Waals surface area contributed by atoms with Crippen LogP contribution in [0.1, 0.15) is 59.9 Å². The molecule has 1 N–H and O–H groups in total. The van der Waals surface area contributed by atoms with Gasteiger partial charge in [-0.05, 0) is 56.5 Å². The standard InChI is InChI=1S/C23H23F3N4O/c1-22(2)13-19(18-5-3-4-12-27-18)29-21-17(14-28-30(21)22)20(31)11-8-15-6-9-16(10-7-15)23(24,25)26/h3-7,9-10,12,14,19,29H,8,11,13H2,1-2H3. The van der Waals surface area contributed by atoms with Gasteiger partial charge in [0.1, 0.15) is 5.82 Å². The number of benzene rings is 1. The Morgan fingerprint density at radius 3 is 2.58 bits per heavy atom. The lowest BCUT2D eigenvalue weighted by molar-refractivity contribution is -0.137. The molecule has 1 atom stereocenters. The molecule has 2 aromatic heterocycles. The van der Waals surface area contributed by atoms with Gasteiger partial charge in [0.15, 0.2) is 5.78 Å². The Labute approximate surface area is 178 Å². The Bertz CT molecular complexity index is 1070. The summed E-state index contributed by atoms with van der Waals surface area (Å²) in [5.74, 6) is 0.551. The Morgan fingerprint density at radius 2 is 1.94 bits per heavy atom. The van der Waals surface area contributed by atoms with Crippen LogP contribution in [-0.2, 0) is 18.1 Å². The van der Waals surface area contributed by atoms with Crippen molar-refractivity contribution in [1.29, 1.82) is 0 Å². The molecule has 0 radical (unpaired) electrons. The number of nitrogens with one attached hydrogen (secondary N) is 1. The van der Waals surface area contributed by atoms with Crippen LogP contribution in [0, 0.1) is 0 Å². The molecule has 1 unspecified atom stereocenters. The molecule has 0 fully saturated rings. The maximum atomic E-state index is 12.9. The fourth-order valence-corrected chi connectivity index (χ4v) is 3.97. The second kappa shape index (κ2) is 7.83. The topological polar surface area (TPSA) is 59.8 Å². The smallest absolute Gasteiger partial charge is 0.361 e. The lowest BCUT2D eigenvalue weighted by Crippen LogP contribution is -2.38. The number of aryl methyl sites for hydroxylation is 1. The number of fused-ring (bicyclic) bond motifs is 1. The Kier molecular flexibility index (Phi) is 5.33. The van der Waals surface area contributed by atoms with Crippen LogP contribution < -0.4 is 5.32 Å². The summed E-state index contributed by atoms with van der Waals surface area (Å²) in [7, 11) is 0. The molecule has 8 heteroatoms. The number of rotatable bonds is 5. The highest BCUT2D eigenvalue weighted by Crippen LogP contribution is 2.39. The predicted octanol–water partition coefficient (Wildman–Crippen LogP) is 5.40. The fourth-order valence-electron chi connectivity index (χ4n) is 3.97. The molecule has 0 saturated carbocycles. The average Bonchev–Trinajstić information content (AvgIpc) is 3.17. The van der Waals surface area contributed by atoms with Gasteiger partial charge in [-0.3, -0.25) is 9.78 Å². The van der Waals surface area contributed by atoms with E-state index < -0.39 is 11.7 Å². The number of alkyl halides is 3. The van der Waals surface area contributed by atoms with Gasteiger partial charge in [-0.2, -0.15) is 18.3 Å². The highest BCUT2D eigenvalue weighted by molar-refractivity contribution is 6.00. The average molecular weight is 428 g/mol. The third-order valence-electron chi connectivity index (χ3n) is 5.62. The van der Waals surface area contributed by atoms with Gasteiger partial charge in [-0.15, -0.1) is 0 Å². The van der Waals surface area contributed by atoms with Crippen molar-refractivity contribution in [3.63, 3.8) is 0 Å². The highest BCUT2D eigenvalue weighted by Gasteiger charge is 2.37. The number of Topliss-reactive ketones (excluding diaryl/α,β-unsaturated/α-hetero) is 1. The Hall–Kier alpha value is -3.16. The molecule has 0 saturated heterocycles. The van der Waals surface area contributed by atoms with Crippen LogP contribution in [0.3, 0.4) is 0 Å². The van der Waals surface area contributed by atoms with Gasteiger partial charge >= 0.3 is 6.18 Å². The Morgan fingerprint density at radius 1 is 1.19 bits per heavy atom.